The van der Waals surface area contributed by atoms with Crippen LogP contribution in [0.2, 0.25) is 0 Å². The molecule has 1 aromatic carbocycles. The molecule has 4 aromatic rings. The summed E-state index contributed by atoms with van der Waals surface area (Å²) < 4.78 is 5.90. The number of rotatable bonds is 6. The second-order valence-corrected chi connectivity index (χ2v) is 6.33. The summed E-state index contributed by atoms with van der Waals surface area (Å²) in [5, 5.41) is 10.4. The van der Waals surface area contributed by atoms with E-state index in [4.69, 9.17) is 10.5 Å². The summed E-state index contributed by atoms with van der Waals surface area (Å²) in [4.78, 5) is 18.9. The molecule has 3 heterocycles. The largest absolute Gasteiger partial charge is 0.439 e. The molecule has 0 aliphatic heterocycles. The number of H-pyrrole nitrogens is 2. The first kappa shape index (κ1) is 18.5. The lowest BCUT2D eigenvalue weighted by molar-refractivity contribution is 0.218. The number of nitrogens with one attached hydrogen (secondary N) is 2. The number of aliphatic hydroxyl groups excluding tert-OH is 1. The van der Waals surface area contributed by atoms with Crippen LogP contribution < -0.4 is 10.5 Å². The maximum atomic E-state index is 10.4. The van der Waals surface area contributed by atoms with Crippen LogP contribution in [-0.2, 0) is 0 Å². The Morgan fingerprint density at radius 1 is 1.28 bits per heavy atom. The molecule has 5 N–H and O–H groups in total. The zero-order valence-electron chi connectivity index (χ0n) is 15.7. The Morgan fingerprint density at radius 3 is 3.00 bits per heavy atom. The summed E-state index contributed by atoms with van der Waals surface area (Å²) in [5.41, 5.74) is 9.16. The van der Waals surface area contributed by atoms with Crippen LogP contribution in [0.25, 0.3) is 22.4 Å². The normalized spacial score (nSPS) is 13.2. The molecule has 0 amide bonds. The van der Waals surface area contributed by atoms with Crippen LogP contribution in [0, 0.1) is 0 Å². The minimum absolute atomic E-state index is 0.478. The summed E-state index contributed by atoms with van der Waals surface area (Å²) in [7, 11) is 1.61. The first-order chi connectivity index (χ1) is 14.2. The van der Waals surface area contributed by atoms with E-state index in [-0.39, 0.29) is 0 Å². The van der Waals surface area contributed by atoms with Gasteiger partial charge in [0.15, 0.2) is 0 Å². The Hall–Kier alpha value is -3.91. The van der Waals surface area contributed by atoms with E-state index in [0.29, 0.717) is 28.7 Å². The molecule has 8 nitrogen and oxygen atoms in total. The van der Waals surface area contributed by atoms with Gasteiger partial charge in [-0.25, -0.2) is 9.97 Å². The Labute approximate surface area is 166 Å². The number of aliphatic imine (C=N–C) groups is 1. The quantitative estimate of drug-likeness (QED) is 0.377. The van der Waals surface area contributed by atoms with Crippen molar-refractivity contribution in [3.05, 3.63) is 72.3 Å². The highest BCUT2D eigenvalue weighted by Crippen LogP contribution is 2.27. The van der Waals surface area contributed by atoms with Gasteiger partial charge in [0, 0.05) is 42.9 Å². The van der Waals surface area contributed by atoms with Crippen molar-refractivity contribution in [3.8, 4) is 23.0 Å². The Bertz CT molecular complexity index is 1190. The second-order valence-electron chi connectivity index (χ2n) is 6.33. The maximum absolute atomic E-state index is 10.4. The van der Waals surface area contributed by atoms with Crippen LogP contribution in [0.4, 0.5) is 0 Å². The zero-order valence-corrected chi connectivity index (χ0v) is 15.7. The van der Waals surface area contributed by atoms with Crippen molar-refractivity contribution in [1.82, 2.24) is 19.9 Å². The van der Waals surface area contributed by atoms with Gasteiger partial charge in [0.1, 0.15) is 17.7 Å². The molecule has 0 spiro atoms. The third kappa shape index (κ3) is 3.87. The molecule has 146 valence electrons. The highest BCUT2D eigenvalue weighted by Gasteiger charge is 2.15. The molecule has 3 aromatic heterocycles. The second kappa shape index (κ2) is 7.99. The molecule has 0 fully saturated rings. The minimum atomic E-state index is -0.943. The molecule has 0 radical (unpaired) electrons. The number of benzene rings is 1. The third-order valence-electron chi connectivity index (χ3n) is 4.39. The predicted octanol–water partition coefficient (Wildman–Crippen LogP) is 3.32. The molecular formula is C21H20N6O2. The van der Waals surface area contributed by atoms with Crippen molar-refractivity contribution >= 4 is 17.2 Å². The minimum Gasteiger partial charge on any atom is -0.439 e. The van der Waals surface area contributed by atoms with Crippen molar-refractivity contribution < 1.29 is 9.84 Å². The van der Waals surface area contributed by atoms with E-state index < -0.39 is 6.10 Å². The van der Waals surface area contributed by atoms with Crippen molar-refractivity contribution in [2.45, 2.75) is 6.10 Å². The molecule has 0 aliphatic carbocycles. The number of aromatic amines is 2. The summed E-state index contributed by atoms with van der Waals surface area (Å²) in [6.07, 6.45) is 5.29. The predicted molar refractivity (Wildman–Crippen MR) is 112 cm³/mol. The van der Waals surface area contributed by atoms with Gasteiger partial charge in [0.25, 0.3) is 0 Å². The molecule has 8 heteroatoms. The average molecular weight is 388 g/mol. The molecular weight excluding hydrogens is 368 g/mol. The number of nitrogens with zero attached hydrogens (tertiary/aromatic N) is 3. The van der Waals surface area contributed by atoms with Crippen LogP contribution in [0.3, 0.4) is 0 Å². The van der Waals surface area contributed by atoms with Gasteiger partial charge in [-0.15, -0.1) is 0 Å². The van der Waals surface area contributed by atoms with Gasteiger partial charge < -0.3 is 25.5 Å². The summed E-state index contributed by atoms with van der Waals surface area (Å²) in [6, 6.07) is 13.1. The van der Waals surface area contributed by atoms with Gasteiger partial charge in [0.2, 0.25) is 5.88 Å². The number of fused-ring (bicyclic) bond motifs is 1. The fourth-order valence-electron chi connectivity index (χ4n) is 2.95. The van der Waals surface area contributed by atoms with Gasteiger partial charge in [-0.3, -0.25) is 4.99 Å². The van der Waals surface area contributed by atoms with E-state index in [2.05, 4.69) is 24.9 Å². The van der Waals surface area contributed by atoms with Gasteiger partial charge in [-0.1, -0.05) is 12.1 Å². The standard InChI is InChI=1S/C21H20N6O2/c1-23-11-14(10-22)20(28)18-12-25-21(27-18)13-3-2-4-15(9-13)29-19-6-5-16-17(26-19)7-8-24-16/h2-12,20,24,28H,22H2,1H3,(H,25,27)/b14-10+,23-11?. The van der Waals surface area contributed by atoms with E-state index in [1.807, 2.05) is 48.7 Å². The molecule has 0 aliphatic rings. The maximum Gasteiger partial charge on any atom is 0.219 e. The molecule has 1 unspecified atom stereocenters. The lowest BCUT2D eigenvalue weighted by Crippen LogP contribution is -2.05. The highest BCUT2D eigenvalue weighted by molar-refractivity contribution is 5.80. The average Bonchev–Trinajstić information content (AvgIpc) is 3.41. The number of aliphatic hydroxyl groups is 1. The van der Waals surface area contributed by atoms with Gasteiger partial charge in [0.05, 0.1) is 22.9 Å². The van der Waals surface area contributed by atoms with Gasteiger partial charge in [-0.05, 0) is 24.3 Å². The van der Waals surface area contributed by atoms with Crippen LogP contribution in [-0.4, -0.2) is 38.3 Å². The number of nitrogens with two attached hydrogens (primary N) is 1. The topological polar surface area (TPSA) is 125 Å². The number of pyridine rings is 1. The van der Waals surface area contributed by atoms with E-state index in [0.717, 1.165) is 16.6 Å². The summed E-state index contributed by atoms with van der Waals surface area (Å²) >= 11 is 0. The van der Waals surface area contributed by atoms with Crippen molar-refractivity contribution in [3.63, 3.8) is 0 Å². The van der Waals surface area contributed by atoms with Crippen molar-refractivity contribution in [2.24, 2.45) is 10.7 Å². The third-order valence-corrected chi connectivity index (χ3v) is 4.39. The molecule has 0 saturated heterocycles. The fourth-order valence-corrected chi connectivity index (χ4v) is 2.95. The van der Waals surface area contributed by atoms with Crippen molar-refractivity contribution in [1.29, 1.82) is 0 Å². The van der Waals surface area contributed by atoms with Crippen LogP contribution >= 0.6 is 0 Å². The number of hydrogen-bond donors (Lipinski definition) is 4. The monoisotopic (exact) mass is 388 g/mol. The lowest BCUT2D eigenvalue weighted by atomic mass is 10.1. The number of hydrogen-bond acceptors (Lipinski definition) is 6. The van der Waals surface area contributed by atoms with E-state index in [9.17, 15) is 5.11 Å². The fraction of sp³-hybridized carbons (Fsp3) is 0.0952. The zero-order chi connectivity index (χ0) is 20.2. The van der Waals surface area contributed by atoms with Crippen LogP contribution in [0.5, 0.6) is 11.6 Å². The number of aromatic nitrogens is 4. The van der Waals surface area contributed by atoms with E-state index in [1.165, 1.54) is 12.4 Å². The van der Waals surface area contributed by atoms with Crippen LogP contribution in [0.15, 0.2) is 71.6 Å². The molecule has 0 saturated carbocycles. The first-order valence-corrected chi connectivity index (χ1v) is 8.97. The number of imidazole rings is 1. The Kier molecular flexibility index (Phi) is 5.08. The molecule has 0 bridgehead atoms. The smallest absolute Gasteiger partial charge is 0.219 e. The molecule has 29 heavy (non-hydrogen) atoms. The summed E-state index contributed by atoms with van der Waals surface area (Å²) in [6.45, 7) is 0. The lowest BCUT2D eigenvalue weighted by Gasteiger charge is -2.08. The van der Waals surface area contributed by atoms with E-state index in [1.54, 1.807) is 13.2 Å². The molecule has 4 rings (SSSR count). The van der Waals surface area contributed by atoms with Crippen LogP contribution in [0.1, 0.15) is 11.8 Å². The first-order valence-electron chi connectivity index (χ1n) is 8.97. The van der Waals surface area contributed by atoms with Gasteiger partial charge >= 0.3 is 0 Å². The Morgan fingerprint density at radius 2 is 2.17 bits per heavy atom. The highest BCUT2D eigenvalue weighted by atomic mass is 16.5. The van der Waals surface area contributed by atoms with Gasteiger partial charge in [-0.2, -0.15) is 0 Å². The Balaban J connectivity index is 1.56. The number of ether oxygens (including phenoxy) is 1. The van der Waals surface area contributed by atoms with Crippen molar-refractivity contribution in [2.75, 3.05) is 7.05 Å². The summed E-state index contributed by atoms with van der Waals surface area (Å²) in [5.74, 6) is 1.73. The van der Waals surface area contributed by atoms with E-state index >= 15 is 0 Å². The molecule has 1 atom stereocenters. The SMILES string of the molecule is CN=C/C(=C\N)C(O)c1cnc(-c2cccc(Oc3ccc4[nH]ccc4n3)c2)[nH]1.